The normalized spacial score (nSPS) is 10.3. The van der Waals surface area contributed by atoms with Crippen molar-refractivity contribution in [3.8, 4) is 11.5 Å². The molecule has 1 aromatic heterocycles. The molecule has 1 heterocycles. The molecule has 5 heteroatoms. The third-order valence-electron chi connectivity index (χ3n) is 2.57. The van der Waals surface area contributed by atoms with Gasteiger partial charge in [-0.15, -0.1) is 0 Å². The van der Waals surface area contributed by atoms with Crippen molar-refractivity contribution in [1.29, 1.82) is 0 Å². The predicted octanol–water partition coefficient (Wildman–Crippen LogP) is 2.48. The summed E-state index contributed by atoms with van der Waals surface area (Å²) in [6.07, 6.45) is 3.43. The van der Waals surface area contributed by atoms with Crippen molar-refractivity contribution in [1.82, 2.24) is 9.78 Å². The van der Waals surface area contributed by atoms with E-state index in [4.69, 9.17) is 10.5 Å². The molecule has 1 aromatic carbocycles. The summed E-state index contributed by atoms with van der Waals surface area (Å²) < 4.78 is 7.38. The molecule has 18 heavy (non-hydrogen) atoms. The predicted molar refractivity (Wildman–Crippen MR) is 68.8 cm³/mol. The van der Waals surface area contributed by atoms with Gasteiger partial charge in [-0.25, -0.2) is 0 Å². The Balaban J connectivity index is 2.24. The number of ether oxygens (including phenoxy) is 1. The molecular formula is C13H15N3O2. The third-order valence-corrected chi connectivity index (χ3v) is 2.57. The Kier molecular flexibility index (Phi) is 3.32. The minimum atomic E-state index is -0.0813. The fraction of sp³-hybridized carbons (Fsp3) is 0.231. The molecule has 0 saturated heterocycles. The zero-order valence-corrected chi connectivity index (χ0v) is 10.4. The summed E-state index contributed by atoms with van der Waals surface area (Å²) in [6, 6.07) is 5.03. The molecule has 0 atom stereocenters. The Hall–Kier alpha value is -2.30. The summed E-state index contributed by atoms with van der Waals surface area (Å²) in [5.41, 5.74) is 6.64. The Morgan fingerprint density at radius 3 is 2.83 bits per heavy atom. The van der Waals surface area contributed by atoms with Crippen LogP contribution in [-0.2, 0) is 6.54 Å². The molecule has 0 bridgehead atoms. The van der Waals surface area contributed by atoms with Crippen LogP contribution in [0.25, 0.3) is 0 Å². The Morgan fingerprint density at radius 1 is 1.44 bits per heavy atom. The second kappa shape index (κ2) is 4.91. The fourth-order valence-corrected chi connectivity index (χ4v) is 1.61. The number of carbonyl (C=O) groups excluding carboxylic acids is 1. The maximum atomic E-state index is 11.4. The largest absolute Gasteiger partial charge is 0.454 e. The summed E-state index contributed by atoms with van der Waals surface area (Å²) in [5, 5.41) is 4.11. The monoisotopic (exact) mass is 245 g/mol. The summed E-state index contributed by atoms with van der Waals surface area (Å²) in [7, 11) is 0. The summed E-state index contributed by atoms with van der Waals surface area (Å²) in [6.45, 7) is 4.25. The lowest BCUT2D eigenvalue weighted by molar-refractivity contribution is 0.101. The van der Waals surface area contributed by atoms with Crippen LogP contribution < -0.4 is 10.5 Å². The lowest BCUT2D eigenvalue weighted by atomic mass is 10.1. The summed E-state index contributed by atoms with van der Waals surface area (Å²) in [4.78, 5) is 11.4. The number of Topliss-reactive ketones (excluding diaryl/α,β-unsaturated/α-hetero) is 1. The molecule has 0 unspecified atom stereocenters. The van der Waals surface area contributed by atoms with E-state index < -0.39 is 0 Å². The quantitative estimate of drug-likeness (QED) is 0.663. The second-order valence-corrected chi connectivity index (χ2v) is 3.94. The van der Waals surface area contributed by atoms with E-state index >= 15 is 0 Å². The fourth-order valence-electron chi connectivity index (χ4n) is 1.61. The van der Waals surface area contributed by atoms with E-state index in [1.807, 2.05) is 6.92 Å². The van der Waals surface area contributed by atoms with Crippen molar-refractivity contribution in [2.75, 3.05) is 5.73 Å². The van der Waals surface area contributed by atoms with Crippen molar-refractivity contribution < 1.29 is 9.53 Å². The maximum absolute atomic E-state index is 11.4. The number of hydrogen-bond donors (Lipinski definition) is 1. The molecule has 0 saturated carbocycles. The number of anilines is 1. The number of nitrogens with two attached hydrogens (primary N) is 1. The highest BCUT2D eigenvalue weighted by Crippen LogP contribution is 2.25. The van der Waals surface area contributed by atoms with Crippen molar-refractivity contribution >= 4 is 11.5 Å². The molecule has 0 aliphatic heterocycles. The van der Waals surface area contributed by atoms with Crippen LogP contribution in [0.4, 0.5) is 5.69 Å². The van der Waals surface area contributed by atoms with E-state index in [0.29, 0.717) is 22.7 Å². The molecule has 0 spiro atoms. The van der Waals surface area contributed by atoms with Crippen LogP contribution in [0.2, 0.25) is 0 Å². The Bertz CT molecular complexity index is 575. The maximum Gasteiger partial charge on any atom is 0.165 e. The van der Waals surface area contributed by atoms with Crippen molar-refractivity contribution in [3.05, 3.63) is 36.2 Å². The first-order chi connectivity index (χ1) is 8.60. The minimum Gasteiger partial charge on any atom is -0.454 e. The van der Waals surface area contributed by atoms with Gasteiger partial charge < -0.3 is 10.5 Å². The van der Waals surface area contributed by atoms with Crippen molar-refractivity contribution in [3.63, 3.8) is 0 Å². The molecule has 2 N–H and O–H groups in total. The van der Waals surface area contributed by atoms with Gasteiger partial charge in [0.05, 0.1) is 12.4 Å². The number of hydrogen-bond acceptors (Lipinski definition) is 4. The molecule has 0 aliphatic rings. The van der Waals surface area contributed by atoms with Crippen LogP contribution >= 0.6 is 0 Å². The summed E-state index contributed by atoms with van der Waals surface area (Å²) in [5.74, 6) is 1.13. The number of nitrogen functional groups attached to an aromatic ring is 1. The van der Waals surface area contributed by atoms with Gasteiger partial charge in [0.25, 0.3) is 0 Å². The van der Waals surface area contributed by atoms with Crippen LogP contribution in [0.1, 0.15) is 24.2 Å². The number of aromatic nitrogens is 2. The number of benzene rings is 1. The first-order valence-electron chi connectivity index (χ1n) is 5.71. The lowest BCUT2D eigenvalue weighted by Crippen LogP contribution is -1.99. The van der Waals surface area contributed by atoms with Crippen LogP contribution in [0.15, 0.2) is 30.6 Å². The molecule has 94 valence electrons. The van der Waals surface area contributed by atoms with Gasteiger partial charge in [-0.05, 0) is 32.0 Å². The molecule has 0 fully saturated rings. The van der Waals surface area contributed by atoms with Crippen molar-refractivity contribution in [2.45, 2.75) is 20.4 Å². The number of nitrogens with zero attached hydrogens (tertiary/aromatic N) is 2. The van der Waals surface area contributed by atoms with E-state index in [9.17, 15) is 4.79 Å². The SMILES string of the molecule is CCn1cc(Oc2ccc(N)c(C(C)=O)c2)cn1. The highest BCUT2D eigenvalue weighted by molar-refractivity contribution is 5.99. The Labute approximate surface area is 105 Å². The van der Waals surface area contributed by atoms with Crippen LogP contribution in [-0.4, -0.2) is 15.6 Å². The van der Waals surface area contributed by atoms with Gasteiger partial charge >= 0.3 is 0 Å². The molecular weight excluding hydrogens is 230 g/mol. The van der Waals surface area contributed by atoms with Gasteiger partial charge in [-0.3, -0.25) is 9.48 Å². The smallest absolute Gasteiger partial charge is 0.165 e. The second-order valence-electron chi connectivity index (χ2n) is 3.94. The van der Waals surface area contributed by atoms with Gasteiger partial charge in [-0.1, -0.05) is 0 Å². The van der Waals surface area contributed by atoms with E-state index in [-0.39, 0.29) is 5.78 Å². The highest BCUT2D eigenvalue weighted by Gasteiger charge is 2.07. The van der Waals surface area contributed by atoms with Gasteiger partial charge in [0.15, 0.2) is 11.5 Å². The lowest BCUT2D eigenvalue weighted by Gasteiger charge is -2.06. The summed E-state index contributed by atoms with van der Waals surface area (Å²) >= 11 is 0. The molecule has 0 amide bonds. The molecule has 2 aromatic rings. The molecule has 0 aliphatic carbocycles. The number of ketones is 1. The van der Waals surface area contributed by atoms with E-state index in [2.05, 4.69) is 5.10 Å². The number of aryl methyl sites for hydroxylation is 1. The number of rotatable bonds is 4. The zero-order chi connectivity index (χ0) is 13.1. The first kappa shape index (κ1) is 12.2. The van der Waals surface area contributed by atoms with E-state index in [1.165, 1.54) is 6.92 Å². The molecule has 5 nitrogen and oxygen atoms in total. The average molecular weight is 245 g/mol. The van der Waals surface area contributed by atoms with Crippen LogP contribution in [0.3, 0.4) is 0 Å². The van der Waals surface area contributed by atoms with Gasteiger partial charge in [-0.2, -0.15) is 5.10 Å². The number of carbonyl (C=O) groups is 1. The minimum absolute atomic E-state index is 0.0813. The molecule has 0 radical (unpaired) electrons. The zero-order valence-electron chi connectivity index (χ0n) is 10.4. The standard InChI is InChI=1S/C13H15N3O2/c1-3-16-8-11(7-15-16)18-10-4-5-13(14)12(6-10)9(2)17/h4-8H,3,14H2,1-2H3. The van der Waals surface area contributed by atoms with Crippen LogP contribution in [0, 0.1) is 0 Å². The molecule has 2 rings (SSSR count). The van der Waals surface area contributed by atoms with Crippen molar-refractivity contribution in [2.24, 2.45) is 0 Å². The highest BCUT2D eigenvalue weighted by atomic mass is 16.5. The third kappa shape index (κ3) is 2.51. The first-order valence-corrected chi connectivity index (χ1v) is 5.71. The average Bonchev–Trinajstić information content (AvgIpc) is 2.79. The Morgan fingerprint density at radius 2 is 2.22 bits per heavy atom. The van der Waals surface area contributed by atoms with E-state index in [0.717, 1.165) is 6.54 Å². The topological polar surface area (TPSA) is 70.1 Å². The van der Waals surface area contributed by atoms with Gasteiger partial charge in [0.1, 0.15) is 5.75 Å². The van der Waals surface area contributed by atoms with Gasteiger partial charge in [0.2, 0.25) is 0 Å². The van der Waals surface area contributed by atoms with E-state index in [1.54, 1.807) is 35.3 Å². The van der Waals surface area contributed by atoms with Crippen LogP contribution in [0.5, 0.6) is 11.5 Å². The van der Waals surface area contributed by atoms with Gasteiger partial charge in [0, 0.05) is 17.8 Å².